The lowest BCUT2D eigenvalue weighted by Gasteiger charge is -2.27. The zero-order valence-corrected chi connectivity index (χ0v) is 27.0. The summed E-state index contributed by atoms with van der Waals surface area (Å²) in [6, 6.07) is 60.2. The molecule has 2 aromatic heterocycles. The summed E-state index contributed by atoms with van der Waals surface area (Å²) in [5.41, 5.74) is 6.00. The number of hydrogen-bond acceptors (Lipinski definition) is 3. The van der Waals surface area contributed by atoms with Gasteiger partial charge >= 0.3 is 0 Å². The van der Waals surface area contributed by atoms with Crippen LogP contribution in [0.3, 0.4) is 0 Å². The van der Waals surface area contributed by atoms with Crippen molar-refractivity contribution >= 4 is 102 Å². The van der Waals surface area contributed by atoms with E-state index < -0.39 is 0 Å². The van der Waals surface area contributed by atoms with E-state index in [1.54, 1.807) is 0 Å². The van der Waals surface area contributed by atoms with Crippen LogP contribution < -0.4 is 4.90 Å². The van der Waals surface area contributed by atoms with Crippen LogP contribution >= 0.6 is 22.7 Å². The van der Waals surface area contributed by atoms with Crippen molar-refractivity contribution in [1.82, 2.24) is 0 Å². The highest BCUT2D eigenvalue weighted by molar-refractivity contribution is 7.27. The Kier molecular flexibility index (Phi) is 5.98. The zero-order valence-electron chi connectivity index (χ0n) is 25.4. The molecule has 220 valence electrons. The molecule has 0 spiro atoms. The molecule has 8 aromatic carbocycles. The van der Waals surface area contributed by atoms with E-state index in [-0.39, 0.29) is 0 Å². The summed E-state index contributed by atoms with van der Waals surface area (Å²) in [6.45, 7) is 0. The summed E-state index contributed by atoms with van der Waals surface area (Å²) < 4.78 is 5.24. The molecule has 0 unspecified atom stereocenters. The molecule has 0 radical (unpaired) electrons. The minimum atomic E-state index is 1.15. The van der Waals surface area contributed by atoms with Crippen LogP contribution in [-0.4, -0.2) is 0 Å². The number of fused-ring (bicyclic) bond motifs is 9. The fourth-order valence-electron chi connectivity index (χ4n) is 7.22. The molecule has 0 atom stereocenters. The first-order valence-electron chi connectivity index (χ1n) is 15.9. The Morgan fingerprint density at radius 2 is 0.851 bits per heavy atom. The molecule has 47 heavy (non-hydrogen) atoms. The molecule has 0 bridgehead atoms. The summed E-state index contributed by atoms with van der Waals surface area (Å²) in [6.07, 6.45) is 0. The predicted molar refractivity (Wildman–Crippen MR) is 207 cm³/mol. The molecule has 3 heteroatoms. The Balaban J connectivity index is 1.16. The number of benzene rings is 8. The van der Waals surface area contributed by atoms with Gasteiger partial charge in [-0.15, -0.1) is 22.7 Å². The monoisotopic (exact) mass is 633 g/mol. The molecular weight excluding hydrogens is 607 g/mol. The molecule has 0 N–H and O–H groups in total. The smallest absolute Gasteiger partial charge is 0.0640 e. The lowest BCUT2D eigenvalue weighted by Crippen LogP contribution is -2.10. The maximum Gasteiger partial charge on any atom is 0.0640 e. The highest BCUT2D eigenvalue weighted by Crippen LogP contribution is 2.48. The minimum Gasteiger partial charge on any atom is -0.308 e. The van der Waals surface area contributed by atoms with Gasteiger partial charge in [-0.25, -0.2) is 0 Å². The molecule has 0 saturated carbocycles. The molecule has 0 aliphatic carbocycles. The van der Waals surface area contributed by atoms with E-state index in [0.29, 0.717) is 0 Å². The second-order valence-corrected chi connectivity index (χ2v) is 14.2. The van der Waals surface area contributed by atoms with Gasteiger partial charge in [0.25, 0.3) is 0 Å². The summed E-state index contributed by atoms with van der Waals surface area (Å²) >= 11 is 3.76. The Hall–Kier alpha value is -5.48. The van der Waals surface area contributed by atoms with E-state index in [0.717, 1.165) is 5.69 Å². The van der Waals surface area contributed by atoms with E-state index in [4.69, 9.17) is 0 Å². The van der Waals surface area contributed by atoms with Crippen LogP contribution in [0.15, 0.2) is 164 Å². The second kappa shape index (κ2) is 10.5. The van der Waals surface area contributed by atoms with Crippen LogP contribution in [0.2, 0.25) is 0 Å². The van der Waals surface area contributed by atoms with E-state index in [1.807, 2.05) is 22.7 Å². The van der Waals surface area contributed by atoms with Crippen molar-refractivity contribution in [3.63, 3.8) is 0 Å². The van der Waals surface area contributed by atoms with Crippen LogP contribution in [0.4, 0.5) is 17.1 Å². The van der Waals surface area contributed by atoms with Crippen LogP contribution in [0.1, 0.15) is 0 Å². The number of thiophene rings is 2. The maximum atomic E-state index is 2.48. The third kappa shape index (κ3) is 4.21. The number of hydrogen-bond donors (Lipinski definition) is 0. The topological polar surface area (TPSA) is 3.24 Å². The largest absolute Gasteiger partial charge is 0.308 e. The molecule has 0 fully saturated rings. The van der Waals surface area contributed by atoms with E-state index in [2.05, 4.69) is 169 Å². The molecule has 0 saturated heterocycles. The highest BCUT2D eigenvalue weighted by Gasteiger charge is 2.21. The zero-order chi connectivity index (χ0) is 30.9. The van der Waals surface area contributed by atoms with Crippen LogP contribution in [0.25, 0.3) is 73.0 Å². The van der Waals surface area contributed by atoms with Crippen molar-refractivity contribution < 1.29 is 0 Å². The molecule has 0 aliphatic heterocycles. The summed E-state index contributed by atoms with van der Waals surface area (Å²) in [5, 5.41) is 10.4. The standard InChI is InChI=1S/C44H27NS2/c1-2-10-33-29(9-1)19-20-31-27-30(23-26-34(31)33)28-21-24-32(25-22-28)45(39-15-7-13-37-35-11-3-5-17-41(35)46-43(37)39)40-16-8-14-38-36-12-4-6-18-42(36)47-44(38)40/h1-27H. The molecule has 2 heterocycles. The molecule has 10 aromatic rings. The first kappa shape index (κ1) is 26.7. The quantitative estimate of drug-likeness (QED) is 0.174. The summed E-state index contributed by atoms with van der Waals surface area (Å²) in [4.78, 5) is 2.48. The van der Waals surface area contributed by atoms with Crippen molar-refractivity contribution in [2.45, 2.75) is 0 Å². The van der Waals surface area contributed by atoms with E-state index in [9.17, 15) is 0 Å². The Morgan fingerprint density at radius 3 is 1.51 bits per heavy atom. The van der Waals surface area contributed by atoms with Gasteiger partial charge in [-0.3, -0.25) is 0 Å². The molecule has 1 nitrogen and oxygen atoms in total. The second-order valence-electron chi connectivity index (χ2n) is 12.1. The first-order valence-corrected chi connectivity index (χ1v) is 17.6. The predicted octanol–water partition coefficient (Wildman–Crippen LogP) is 13.9. The van der Waals surface area contributed by atoms with Crippen molar-refractivity contribution in [3.8, 4) is 11.1 Å². The van der Waals surface area contributed by atoms with Gasteiger partial charge in [-0.1, -0.05) is 121 Å². The Bertz CT molecular complexity index is 2690. The maximum absolute atomic E-state index is 2.48. The van der Waals surface area contributed by atoms with Gasteiger partial charge in [-0.05, 0) is 75.1 Å². The average Bonchev–Trinajstić information content (AvgIpc) is 3.71. The van der Waals surface area contributed by atoms with Gasteiger partial charge in [0, 0.05) is 36.6 Å². The van der Waals surface area contributed by atoms with E-state index >= 15 is 0 Å². The fraction of sp³-hybridized carbons (Fsp3) is 0. The lowest BCUT2D eigenvalue weighted by atomic mass is 9.97. The van der Waals surface area contributed by atoms with E-state index in [1.165, 1.54) is 84.4 Å². The van der Waals surface area contributed by atoms with Gasteiger partial charge in [0.15, 0.2) is 0 Å². The van der Waals surface area contributed by atoms with Gasteiger partial charge in [0.05, 0.1) is 20.8 Å². The number of nitrogens with zero attached hydrogens (tertiary/aromatic N) is 1. The molecule has 10 rings (SSSR count). The van der Waals surface area contributed by atoms with Crippen LogP contribution in [0.5, 0.6) is 0 Å². The SMILES string of the molecule is c1ccc2c(c1)ccc1cc(-c3ccc(N(c4cccc5c4sc4ccccc45)c4cccc5c4sc4ccccc45)cc3)ccc12. The third-order valence-corrected chi connectivity index (χ3v) is 11.9. The van der Waals surface area contributed by atoms with Crippen molar-refractivity contribution in [3.05, 3.63) is 164 Å². The molecular formula is C44H27NS2. The third-order valence-electron chi connectivity index (χ3n) is 9.45. The fourth-order valence-corrected chi connectivity index (χ4v) is 9.63. The van der Waals surface area contributed by atoms with Crippen molar-refractivity contribution in [2.75, 3.05) is 4.90 Å². The van der Waals surface area contributed by atoms with Crippen molar-refractivity contribution in [1.29, 1.82) is 0 Å². The summed E-state index contributed by atoms with van der Waals surface area (Å²) in [5.74, 6) is 0. The van der Waals surface area contributed by atoms with Crippen LogP contribution in [-0.2, 0) is 0 Å². The van der Waals surface area contributed by atoms with Crippen LogP contribution in [0, 0.1) is 0 Å². The number of rotatable bonds is 4. The Morgan fingerprint density at radius 1 is 0.340 bits per heavy atom. The Labute approximate surface area is 280 Å². The molecule has 0 amide bonds. The van der Waals surface area contributed by atoms with Gasteiger partial charge in [0.1, 0.15) is 0 Å². The van der Waals surface area contributed by atoms with Gasteiger partial charge in [0.2, 0.25) is 0 Å². The lowest BCUT2D eigenvalue weighted by molar-refractivity contribution is 1.32. The molecule has 0 aliphatic rings. The summed E-state index contributed by atoms with van der Waals surface area (Å²) in [7, 11) is 0. The van der Waals surface area contributed by atoms with Crippen molar-refractivity contribution in [2.24, 2.45) is 0 Å². The highest BCUT2D eigenvalue weighted by atomic mass is 32.1. The first-order chi connectivity index (χ1) is 23.3. The number of anilines is 3. The van der Waals surface area contributed by atoms with Gasteiger partial charge in [-0.2, -0.15) is 0 Å². The normalized spacial score (nSPS) is 11.8. The average molecular weight is 634 g/mol. The van der Waals surface area contributed by atoms with Gasteiger partial charge < -0.3 is 4.90 Å². The minimum absolute atomic E-state index is 1.15.